The van der Waals surface area contributed by atoms with Crippen LogP contribution in [0.4, 0.5) is 0 Å². The maximum Gasteiger partial charge on any atom is 0.303 e. The van der Waals surface area contributed by atoms with Gasteiger partial charge in [-0.05, 0) is 19.3 Å². The summed E-state index contributed by atoms with van der Waals surface area (Å²) in [4.78, 5) is 20.6. The molecule has 0 aromatic rings. The zero-order chi connectivity index (χ0) is 9.40. The first-order valence-electron chi connectivity index (χ1n) is 4.37. The Morgan fingerprint density at radius 1 is 1.50 bits per heavy atom. The minimum Gasteiger partial charge on any atom is -0.481 e. The molecule has 12 heavy (non-hydrogen) atoms. The molecular formula is C9H16O3. The Hall–Kier alpha value is -0.860. The van der Waals surface area contributed by atoms with Crippen LogP contribution >= 0.6 is 0 Å². The van der Waals surface area contributed by atoms with E-state index < -0.39 is 5.97 Å². The molecule has 0 saturated carbocycles. The van der Waals surface area contributed by atoms with Crippen LogP contribution in [-0.4, -0.2) is 17.4 Å². The molecule has 0 heterocycles. The van der Waals surface area contributed by atoms with E-state index >= 15 is 0 Å². The summed E-state index contributed by atoms with van der Waals surface area (Å²) in [7, 11) is 0. The van der Waals surface area contributed by atoms with E-state index in [1.54, 1.807) is 0 Å². The molecule has 0 aromatic heterocycles. The van der Waals surface area contributed by atoms with Crippen LogP contribution < -0.4 is 0 Å². The fourth-order valence-electron chi connectivity index (χ4n) is 1.17. The van der Waals surface area contributed by atoms with Gasteiger partial charge in [-0.15, -0.1) is 0 Å². The smallest absolute Gasteiger partial charge is 0.303 e. The molecule has 0 aliphatic carbocycles. The minimum atomic E-state index is -0.781. The lowest BCUT2D eigenvalue weighted by atomic mass is 9.99. The van der Waals surface area contributed by atoms with Crippen molar-refractivity contribution in [1.29, 1.82) is 0 Å². The number of aldehydes is 1. The summed E-state index contributed by atoms with van der Waals surface area (Å²) < 4.78 is 0. The number of hydrogen-bond donors (Lipinski definition) is 1. The molecule has 70 valence electrons. The highest BCUT2D eigenvalue weighted by atomic mass is 16.4. The van der Waals surface area contributed by atoms with E-state index in [1.165, 1.54) is 0 Å². The van der Waals surface area contributed by atoms with E-state index in [2.05, 4.69) is 0 Å². The maximum atomic E-state index is 10.4. The second-order valence-electron chi connectivity index (χ2n) is 2.97. The Bertz CT molecular complexity index is 143. The molecule has 0 amide bonds. The predicted octanol–water partition coefficient (Wildman–Crippen LogP) is 1.86. The molecule has 0 fully saturated rings. The number of rotatable bonds is 7. The zero-order valence-electron chi connectivity index (χ0n) is 7.45. The summed E-state index contributed by atoms with van der Waals surface area (Å²) in [5.74, 6) is -0.717. The van der Waals surface area contributed by atoms with Crippen molar-refractivity contribution in [2.75, 3.05) is 0 Å². The Balaban J connectivity index is 3.44. The molecule has 0 saturated heterocycles. The van der Waals surface area contributed by atoms with Gasteiger partial charge in [0.1, 0.15) is 6.29 Å². The van der Waals surface area contributed by atoms with Gasteiger partial charge in [-0.25, -0.2) is 0 Å². The summed E-state index contributed by atoms with van der Waals surface area (Å²) in [6, 6.07) is 0. The van der Waals surface area contributed by atoms with Crippen molar-refractivity contribution >= 4 is 12.3 Å². The molecule has 0 bridgehead atoms. The number of hydrogen-bond acceptors (Lipinski definition) is 2. The van der Waals surface area contributed by atoms with Gasteiger partial charge in [0.05, 0.1) is 0 Å². The molecule has 1 N–H and O–H groups in total. The van der Waals surface area contributed by atoms with E-state index in [0.29, 0.717) is 12.8 Å². The average Bonchev–Trinajstić information content (AvgIpc) is 2.02. The summed E-state index contributed by atoms with van der Waals surface area (Å²) >= 11 is 0. The lowest BCUT2D eigenvalue weighted by molar-refractivity contribution is -0.137. The molecule has 3 heteroatoms. The molecule has 0 rings (SSSR count). The van der Waals surface area contributed by atoms with Crippen LogP contribution in [0.5, 0.6) is 0 Å². The average molecular weight is 172 g/mol. The van der Waals surface area contributed by atoms with Crippen molar-refractivity contribution < 1.29 is 14.7 Å². The molecule has 0 radical (unpaired) electrons. The van der Waals surface area contributed by atoms with Crippen molar-refractivity contribution in [3.8, 4) is 0 Å². The van der Waals surface area contributed by atoms with E-state index in [4.69, 9.17) is 5.11 Å². The van der Waals surface area contributed by atoms with Crippen LogP contribution in [0, 0.1) is 5.92 Å². The third-order valence-electron chi connectivity index (χ3n) is 1.82. The van der Waals surface area contributed by atoms with E-state index in [-0.39, 0.29) is 12.3 Å². The number of carboxylic acid groups (broad SMARTS) is 1. The quantitative estimate of drug-likeness (QED) is 0.596. The predicted molar refractivity (Wildman–Crippen MR) is 45.9 cm³/mol. The van der Waals surface area contributed by atoms with Crippen LogP contribution in [0.2, 0.25) is 0 Å². The summed E-state index contributed by atoms with van der Waals surface area (Å²) in [6.45, 7) is 2.02. The molecule has 0 aliphatic heterocycles. The number of carboxylic acids is 1. The van der Waals surface area contributed by atoms with Crippen molar-refractivity contribution in [2.45, 2.75) is 39.0 Å². The Morgan fingerprint density at radius 3 is 2.58 bits per heavy atom. The van der Waals surface area contributed by atoms with Gasteiger partial charge in [0.25, 0.3) is 0 Å². The molecular weight excluding hydrogens is 156 g/mol. The van der Waals surface area contributed by atoms with Crippen molar-refractivity contribution in [3.05, 3.63) is 0 Å². The highest BCUT2D eigenvalue weighted by Gasteiger charge is 2.06. The Morgan fingerprint density at radius 2 is 2.17 bits per heavy atom. The first-order valence-corrected chi connectivity index (χ1v) is 4.37. The van der Waals surface area contributed by atoms with E-state index in [9.17, 15) is 9.59 Å². The topological polar surface area (TPSA) is 54.4 Å². The monoisotopic (exact) mass is 172 g/mol. The minimum absolute atomic E-state index is 0.0642. The Kier molecular flexibility index (Phi) is 6.34. The first kappa shape index (κ1) is 11.1. The first-order chi connectivity index (χ1) is 5.70. The van der Waals surface area contributed by atoms with E-state index in [0.717, 1.165) is 19.1 Å². The van der Waals surface area contributed by atoms with E-state index in [1.807, 2.05) is 6.92 Å². The fraction of sp³-hybridized carbons (Fsp3) is 0.778. The van der Waals surface area contributed by atoms with Gasteiger partial charge in [0.2, 0.25) is 0 Å². The lowest BCUT2D eigenvalue weighted by Gasteiger charge is -2.06. The number of carbonyl (C=O) groups is 2. The van der Waals surface area contributed by atoms with Crippen molar-refractivity contribution in [2.24, 2.45) is 5.92 Å². The molecule has 3 nitrogen and oxygen atoms in total. The molecule has 0 aromatic carbocycles. The van der Waals surface area contributed by atoms with Crippen LogP contribution in [0.1, 0.15) is 39.0 Å². The highest BCUT2D eigenvalue weighted by Crippen LogP contribution is 2.11. The molecule has 0 aliphatic rings. The van der Waals surface area contributed by atoms with Gasteiger partial charge < -0.3 is 9.90 Å². The van der Waals surface area contributed by atoms with Crippen LogP contribution in [-0.2, 0) is 9.59 Å². The van der Waals surface area contributed by atoms with Gasteiger partial charge >= 0.3 is 5.97 Å². The number of carbonyl (C=O) groups excluding carboxylic acids is 1. The standard InChI is InChI=1S/C9H16O3/c1-2-4-8(7-10)5-3-6-9(11)12/h7-8H,2-6H2,1H3,(H,11,12). The van der Waals surface area contributed by atoms with Crippen LogP contribution in [0.25, 0.3) is 0 Å². The largest absolute Gasteiger partial charge is 0.481 e. The Labute approximate surface area is 72.8 Å². The van der Waals surface area contributed by atoms with Gasteiger partial charge in [-0.1, -0.05) is 13.3 Å². The third kappa shape index (κ3) is 5.89. The van der Waals surface area contributed by atoms with Gasteiger partial charge in [-0.2, -0.15) is 0 Å². The summed E-state index contributed by atoms with van der Waals surface area (Å²) in [6.07, 6.45) is 4.29. The van der Waals surface area contributed by atoms with Crippen molar-refractivity contribution in [1.82, 2.24) is 0 Å². The van der Waals surface area contributed by atoms with Crippen LogP contribution in [0.3, 0.4) is 0 Å². The molecule has 1 atom stereocenters. The normalized spacial score (nSPS) is 12.4. The highest BCUT2D eigenvalue weighted by molar-refractivity contribution is 5.66. The molecule has 0 spiro atoms. The SMILES string of the molecule is CCCC(C=O)CCCC(=O)O. The second kappa shape index (κ2) is 6.83. The van der Waals surface area contributed by atoms with Gasteiger partial charge in [0, 0.05) is 12.3 Å². The van der Waals surface area contributed by atoms with Crippen LogP contribution in [0.15, 0.2) is 0 Å². The molecule has 1 unspecified atom stereocenters. The zero-order valence-corrected chi connectivity index (χ0v) is 7.45. The number of aliphatic carboxylic acids is 1. The summed E-state index contributed by atoms with van der Waals surface area (Å²) in [5, 5.41) is 8.34. The van der Waals surface area contributed by atoms with Gasteiger partial charge in [-0.3, -0.25) is 4.79 Å². The summed E-state index contributed by atoms with van der Waals surface area (Å²) in [5.41, 5.74) is 0. The maximum absolute atomic E-state index is 10.4. The van der Waals surface area contributed by atoms with Gasteiger partial charge in [0.15, 0.2) is 0 Å². The lowest BCUT2D eigenvalue weighted by Crippen LogP contribution is -2.03. The third-order valence-corrected chi connectivity index (χ3v) is 1.82. The van der Waals surface area contributed by atoms with Crippen molar-refractivity contribution in [3.63, 3.8) is 0 Å². The fourth-order valence-corrected chi connectivity index (χ4v) is 1.17. The second-order valence-corrected chi connectivity index (χ2v) is 2.97.